The van der Waals surface area contributed by atoms with Crippen molar-refractivity contribution in [2.45, 2.75) is 38.6 Å². The van der Waals surface area contributed by atoms with Crippen molar-refractivity contribution in [1.82, 2.24) is 15.8 Å². The zero-order valence-corrected chi connectivity index (χ0v) is 16.0. The molecule has 5 nitrogen and oxygen atoms in total. The highest BCUT2D eigenvalue weighted by molar-refractivity contribution is 6.00. The number of fused-ring (bicyclic) bond motifs is 1. The van der Waals surface area contributed by atoms with E-state index in [4.69, 9.17) is 4.99 Å². The highest BCUT2D eigenvalue weighted by Crippen LogP contribution is 2.36. The highest BCUT2D eigenvalue weighted by Gasteiger charge is 2.31. The Morgan fingerprint density at radius 1 is 1.04 bits per heavy atom. The van der Waals surface area contributed by atoms with Crippen LogP contribution >= 0.6 is 0 Å². The van der Waals surface area contributed by atoms with Crippen molar-refractivity contribution in [3.63, 3.8) is 0 Å². The monoisotopic (exact) mass is 374 g/mol. The summed E-state index contributed by atoms with van der Waals surface area (Å²) in [5, 5.41) is 4.72. The van der Waals surface area contributed by atoms with Crippen LogP contribution in [0.3, 0.4) is 0 Å². The van der Waals surface area contributed by atoms with Crippen molar-refractivity contribution in [2.24, 2.45) is 10.9 Å². The number of para-hydroxylation sites is 1. The van der Waals surface area contributed by atoms with E-state index >= 15 is 0 Å². The number of amides is 2. The SMILES string of the molecule is C=C1c2ccccc2N=C(C2CCCCC2)N1NC(=O)NCc1ccccc1. The maximum Gasteiger partial charge on any atom is 0.334 e. The van der Waals surface area contributed by atoms with Gasteiger partial charge in [-0.05, 0) is 24.5 Å². The van der Waals surface area contributed by atoms with E-state index in [1.807, 2.05) is 54.6 Å². The van der Waals surface area contributed by atoms with Crippen LogP contribution in [-0.4, -0.2) is 16.9 Å². The Hall–Kier alpha value is -3.08. The molecule has 0 saturated heterocycles. The van der Waals surface area contributed by atoms with Gasteiger partial charge in [0.2, 0.25) is 0 Å². The molecule has 1 aliphatic carbocycles. The molecular formula is C23H26N4O. The molecule has 4 rings (SSSR count). The maximum absolute atomic E-state index is 12.6. The number of carbonyl (C=O) groups is 1. The normalized spacial score (nSPS) is 16.9. The smallest absolute Gasteiger partial charge is 0.333 e. The minimum Gasteiger partial charge on any atom is -0.333 e. The van der Waals surface area contributed by atoms with Crippen molar-refractivity contribution in [1.29, 1.82) is 0 Å². The number of nitrogens with one attached hydrogen (secondary N) is 2. The number of benzene rings is 2. The molecule has 5 heteroatoms. The lowest BCUT2D eigenvalue weighted by atomic mass is 9.87. The van der Waals surface area contributed by atoms with Gasteiger partial charge in [-0.3, -0.25) is 0 Å². The van der Waals surface area contributed by atoms with Gasteiger partial charge >= 0.3 is 6.03 Å². The summed E-state index contributed by atoms with van der Waals surface area (Å²) in [5.74, 6) is 1.24. The molecule has 0 radical (unpaired) electrons. The number of hydrazine groups is 1. The third-order valence-electron chi connectivity index (χ3n) is 5.43. The predicted molar refractivity (Wildman–Crippen MR) is 113 cm³/mol. The van der Waals surface area contributed by atoms with Gasteiger partial charge in [0.15, 0.2) is 0 Å². The van der Waals surface area contributed by atoms with E-state index in [-0.39, 0.29) is 6.03 Å². The maximum atomic E-state index is 12.6. The molecular weight excluding hydrogens is 348 g/mol. The van der Waals surface area contributed by atoms with Crippen molar-refractivity contribution < 1.29 is 4.79 Å². The van der Waals surface area contributed by atoms with E-state index in [1.165, 1.54) is 19.3 Å². The van der Waals surface area contributed by atoms with Crippen LogP contribution in [0.15, 0.2) is 66.2 Å². The lowest BCUT2D eigenvalue weighted by Crippen LogP contribution is -2.51. The molecule has 2 aromatic rings. The largest absolute Gasteiger partial charge is 0.334 e. The van der Waals surface area contributed by atoms with Crippen molar-refractivity contribution in [3.8, 4) is 0 Å². The van der Waals surface area contributed by atoms with Gasteiger partial charge in [-0.15, -0.1) is 0 Å². The summed E-state index contributed by atoms with van der Waals surface area (Å²) in [4.78, 5) is 17.5. The van der Waals surface area contributed by atoms with Gasteiger partial charge in [0.05, 0.1) is 11.4 Å². The first-order valence-corrected chi connectivity index (χ1v) is 9.98. The van der Waals surface area contributed by atoms with Gasteiger partial charge in [0.1, 0.15) is 5.84 Å². The lowest BCUT2D eigenvalue weighted by molar-refractivity contribution is 0.226. The Bertz CT molecular complexity index is 884. The van der Waals surface area contributed by atoms with Crippen LogP contribution in [0.25, 0.3) is 5.70 Å². The van der Waals surface area contributed by atoms with Gasteiger partial charge in [-0.25, -0.2) is 20.2 Å². The van der Waals surface area contributed by atoms with Crippen LogP contribution in [0.1, 0.15) is 43.2 Å². The van der Waals surface area contributed by atoms with E-state index < -0.39 is 0 Å². The standard InChI is InChI=1S/C23H26N4O/c1-17-20-14-8-9-15-21(20)25-22(19-12-6-3-7-13-19)27(17)26-23(28)24-16-18-10-4-2-5-11-18/h2,4-5,8-11,14-15,19H,1,3,6-7,12-13,16H2,(H2,24,26,28). The number of rotatable bonds is 4. The number of amidine groups is 1. The number of hydrogen-bond donors (Lipinski definition) is 2. The van der Waals surface area contributed by atoms with E-state index in [2.05, 4.69) is 17.3 Å². The summed E-state index contributed by atoms with van der Waals surface area (Å²) in [6, 6.07) is 17.6. The Balaban J connectivity index is 1.53. The molecule has 0 unspecified atom stereocenters. The molecule has 28 heavy (non-hydrogen) atoms. The number of nitrogens with zero attached hydrogens (tertiary/aromatic N) is 2. The molecule has 2 N–H and O–H groups in total. The second kappa shape index (κ2) is 8.30. The second-order valence-electron chi connectivity index (χ2n) is 7.38. The van der Waals surface area contributed by atoms with Gasteiger partial charge in [0.25, 0.3) is 0 Å². The zero-order valence-electron chi connectivity index (χ0n) is 16.0. The average molecular weight is 374 g/mol. The third-order valence-corrected chi connectivity index (χ3v) is 5.43. The molecule has 1 saturated carbocycles. The van der Waals surface area contributed by atoms with Crippen molar-refractivity contribution in [3.05, 3.63) is 72.3 Å². The Morgan fingerprint density at radius 3 is 2.54 bits per heavy atom. The summed E-state index contributed by atoms with van der Waals surface area (Å²) in [6.45, 7) is 4.73. The first-order valence-electron chi connectivity index (χ1n) is 9.98. The molecule has 2 aromatic carbocycles. The average Bonchev–Trinajstić information content (AvgIpc) is 2.75. The van der Waals surface area contributed by atoms with Crippen LogP contribution in [0.2, 0.25) is 0 Å². The molecule has 2 amide bonds. The summed E-state index contributed by atoms with van der Waals surface area (Å²) in [5.41, 5.74) is 6.68. The predicted octanol–water partition coefficient (Wildman–Crippen LogP) is 5.00. The molecule has 0 atom stereocenters. The molecule has 1 fully saturated rings. The van der Waals surface area contributed by atoms with Crippen LogP contribution in [0.4, 0.5) is 10.5 Å². The topological polar surface area (TPSA) is 56.7 Å². The van der Waals surface area contributed by atoms with Gasteiger partial charge in [0, 0.05) is 18.0 Å². The minimum absolute atomic E-state index is 0.257. The fourth-order valence-corrected chi connectivity index (χ4v) is 3.93. The van der Waals surface area contributed by atoms with Crippen LogP contribution in [-0.2, 0) is 6.54 Å². The van der Waals surface area contributed by atoms with E-state index in [1.54, 1.807) is 5.01 Å². The molecule has 0 spiro atoms. The van der Waals surface area contributed by atoms with E-state index in [9.17, 15) is 4.79 Å². The molecule has 144 valence electrons. The first-order chi connectivity index (χ1) is 13.7. The van der Waals surface area contributed by atoms with E-state index in [0.717, 1.165) is 41.2 Å². The Kier molecular flexibility index (Phi) is 5.42. The molecule has 0 bridgehead atoms. The summed E-state index contributed by atoms with van der Waals surface area (Å²) >= 11 is 0. The van der Waals surface area contributed by atoms with Gasteiger partial charge in [-0.1, -0.05) is 74.4 Å². The third kappa shape index (κ3) is 3.93. The summed E-state index contributed by atoms with van der Waals surface area (Å²) in [6.07, 6.45) is 5.86. The van der Waals surface area contributed by atoms with Crippen LogP contribution in [0.5, 0.6) is 0 Å². The van der Waals surface area contributed by atoms with Crippen LogP contribution in [0, 0.1) is 5.92 Å². The fraction of sp³-hybridized carbons (Fsp3) is 0.304. The quantitative estimate of drug-likeness (QED) is 0.791. The van der Waals surface area contributed by atoms with Gasteiger partial charge in [-0.2, -0.15) is 0 Å². The first kappa shape index (κ1) is 18.3. The van der Waals surface area contributed by atoms with Gasteiger partial charge < -0.3 is 5.32 Å². The summed E-state index contributed by atoms with van der Waals surface area (Å²) < 4.78 is 0. The lowest BCUT2D eigenvalue weighted by Gasteiger charge is -2.37. The fourth-order valence-electron chi connectivity index (χ4n) is 3.93. The number of aliphatic imine (C=N–C) groups is 1. The molecule has 1 aliphatic heterocycles. The Morgan fingerprint density at radius 2 is 1.75 bits per heavy atom. The molecule has 1 heterocycles. The zero-order chi connectivity index (χ0) is 19.3. The van der Waals surface area contributed by atoms with Crippen molar-refractivity contribution in [2.75, 3.05) is 0 Å². The number of hydrogen-bond acceptors (Lipinski definition) is 3. The van der Waals surface area contributed by atoms with Crippen molar-refractivity contribution >= 4 is 23.3 Å². The second-order valence-corrected chi connectivity index (χ2v) is 7.38. The van der Waals surface area contributed by atoms with Crippen LogP contribution < -0.4 is 10.7 Å². The summed E-state index contributed by atoms with van der Waals surface area (Å²) in [7, 11) is 0. The number of urea groups is 1. The number of carbonyl (C=O) groups excluding carboxylic acids is 1. The Labute approximate surface area is 166 Å². The minimum atomic E-state index is -0.257. The molecule has 2 aliphatic rings. The highest BCUT2D eigenvalue weighted by atomic mass is 16.2. The molecule has 0 aromatic heterocycles. The van der Waals surface area contributed by atoms with E-state index in [0.29, 0.717) is 12.5 Å².